The average Bonchev–Trinajstić information content (AvgIpc) is 3.07. The molecule has 2 rings (SSSR count). The SMILES string of the molecule is CCN1CCCC1CNC(=NC)NCc1cnn(C)c1. The molecule has 1 unspecified atom stereocenters. The number of guanidine groups is 1. The lowest BCUT2D eigenvalue weighted by molar-refractivity contribution is 0.267. The molecule has 2 N–H and O–H groups in total. The Morgan fingerprint density at radius 3 is 3.00 bits per heavy atom. The molecule has 6 heteroatoms. The molecule has 1 aliphatic rings. The fraction of sp³-hybridized carbons (Fsp3) is 0.714. The number of aliphatic imine (C=N–C) groups is 1. The molecule has 0 saturated carbocycles. The number of likely N-dealkylation sites (tertiary alicyclic amines) is 1. The van der Waals surface area contributed by atoms with Crippen molar-refractivity contribution in [1.29, 1.82) is 0 Å². The average molecular weight is 278 g/mol. The number of aryl methyl sites for hydroxylation is 1. The van der Waals surface area contributed by atoms with Gasteiger partial charge in [-0.3, -0.25) is 14.6 Å². The van der Waals surface area contributed by atoms with Crippen LogP contribution in [-0.4, -0.2) is 53.4 Å². The maximum atomic E-state index is 4.27. The highest BCUT2D eigenvalue weighted by molar-refractivity contribution is 5.79. The van der Waals surface area contributed by atoms with Gasteiger partial charge in [0.15, 0.2) is 5.96 Å². The first-order valence-electron chi connectivity index (χ1n) is 7.39. The van der Waals surface area contributed by atoms with E-state index in [4.69, 9.17) is 0 Å². The number of nitrogens with one attached hydrogen (secondary N) is 2. The van der Waals surface area contributed by atoms with Gasteiger partial charge < -0.3 is 10.6 Å². The summed E-state index contributed by atoms with van der Waals surface area (Å²) in [5.74, 6) is 0.858. The van der Waals surface area contributed by atoms with Gasteiger partial charge in [0.25, 0.3) is 0 Å². The van der Waals surface area contributed by atoms with Crippen LogP contribution in [0.25, 0.3) is 0 Å². The van der Waals surface area contributed by atoms with Crippen LogP contribution in [0.15, 0.2) is 17.4 Å². The van der Waals surface area contributed by atoms with Crippen molar-refractivity contribution in [3.63, 3.8) is 0 Å². The summed E-state index contributed by atoms with van der Waals surface area (Å²) in [5.41, 5.74) is 1.16. The Kier molecular flexibility index (Phi) is 5.40. The summed E-state index contributed by atoms with van der Waals surface area (Å²) in [6.07, 6.45) is 6.47. The van der Waals surface area contributed by atoms with Crippen LogP contribution < -0.4 is 10.6 Å². The van der Waals surface area contributed by atoms with Gasteiger partial charge in [0.2, 0.25) is 0 Å². The Morgan fingerprint density at radius 2 is 2.35 bits per heavy atom. The molecule has 1 aliphatic heterocycles. The molecule has 1 aromatic rings. The van der Waals surface area contributed by atoms with E-state index in [1.54, 1.807) is 0 Å². The van der Waals surface area contributed by atoms with Crippen LogP contribution in [0.4, 0.5) is 0 Å². The van der Waals surface area contributed by atoms with Crippen LogP contribution in [-0.2, 0) is 13.6 Å². The number of rotatable bonds is 5. The minimum absolute atomic E-state index is 0.636. The van der Waals surface area contributed by atoms with Gasteiger partial charge in [-0.2, -0.15) is 5.10 Å². The van der Waals surface area contributed by atoms with Gasteiger partial charge >= 0.3 is 0 Å². The molecule has 112 valence electrons. The van der Waals surface area contributed by atoms with Gasteiger partial charge in [0, 0.05) is 45.0 Å². The van der Waals surface area contributed by atoms with Crippen molar-refractivity contribution < 1.29 is 0 Å². The number of aromatic nitrogens is 2. The van der Waals surface area contributed by atoms with Gasteiger partial charge in [-0.05, 0) is 25.9 Å². The summed E-state index contributed by atoms with van der Waals surface area (Å²) < 4.78 is 1.81. The highest BCUT2D eigenvalue weighted by atomic mass is 15.2. The van der Waals surface area contributed by atoms with Crippen LogP contribution in [0, 0.1) is 0 Å². The lowest BCUT2D eigenvalue weighted by Gasteiger charge is -2.23. The van der Waals surface area contributed by atoms with Crippen molar-refractivity contribution in [3.8, 4) is 0 Å². The van der Waals surface area contributed by atoms with Crippen molar-refractivity contribution in [2.24, 2.45) is 12.0 Å². The summed E-state index contributed by atoms with van der Waals surface area (Å²) >= 11 is 0. The minimum Gasteiger partial charge on any atom is -0.355 e. The Hall–Kier alpha value is -1.56. The number of hydrogen-bond donors (Lipinski definition) is 2. The summed E-state index contributed by atoms with van der Waals surface area (Å²) in [4.78, 5) is 6.80. The molecule has 0 radical (unpaired) electrons. The van der Waals surface area contributed by atoms with Crippen molar-refractivity contribution in [2.75, 3.05) is 26.7 Å². The predicted octanol–water partition coefficient (Wildman–Crippen LogP) is 0.569. The van der Waals surface area contributed by atoms with Crippen molar-refractivity contribution in [1.82, 2.24) is 25.3 Å². The lowest BCUT2D eigenvalue weighted by atomic mass is 10.2. The zero-order valence-corrected chi connectivity index (χ0v) is 12.8. The van der Waals surface area contributed by atoms with Gasteiger partial charge in [0.05, 0.1) is 6.20 Å². The molecule has 0 amide bonds. The maximum Gasteiger partial charge on any atom is 0.191 e. The van der Waals surface area contributed by atoms with Crippen LogP contribution in [0.1, 0.15) is 25.3 Å². The molecule has 0 aliphatic carbocycles. The molecule has 1 atom stereocenters. The molecule has 1 fully saturated rings. The Morgan fingerprint density at radius 1 is 1.50 bits per heavy atom. The van der Waals surface area contributed by atoms with E-state index in [1.165, 1.54) is 19.4 Å². The van der Waals surface area contributed by atoms with E-state index in [1.807, 2.05) is 31.2 Å². The van der Waals surface area contributed by atoms with E-state index in [2.05, 4.69) is 32.5 Å². The third-order valence-corrected chi connectivity index (χ3v) is 3.85. The maximum absolute atomic E-state index is 4.27. The summed E-state index contributed by atoms with van der Waals surface area (Å²) in [5, 5.41) is 10.9. The van der Waals surface area contributed by atoms with Crippen LogP contribution in [0.5, 0.6) is 0 Å². The second-order valence-corrected chi connectivity index (χ2v) is 5.25. The van der Waals surface area contributed by atoms with Crippen molar-refractivity contribution >= 4 is 5.96 Å². The molecule has 2 heterocycles. The lowest BCUT2D eigenvalue weighted by Crippen LogP contribution is -2.44. The molecule has 0 aromatic carbocycles. The molecule has 20 heavy (non-hydrogen) atoms. The smallest absolute Gasteiger partial charge is 0.191 e. The van der Waals surface area contributed by atoms with E-state index < -0.39 is 0 Å². The highest BCUT2D eigenvalue weighted by Gasteiger charge is 2.22. The normalized spacial score (nSPS) is 20.4. The first-order valence-corrected chi connectivity index (χ1v) is 7.39. The third-order valence-electron chi connectivity index (χ3n) is 3.85. The molecular formula is C14H26N6. The van der Waals surface area contributed by atoms with Gasteiger partial charge in [-0.25, -0.2) is 0 Å². The molecule has 0 bridgehead atoms. The fourth-order valence-corrected chi connectivity index (χ4v) is 2.73. The van der Waals surface area contributed by atoms with E-state index >= 15 is 0 Å². The molecule has 1 aromatic heterocycles. The van der Waals surface area contributed by atoms with Crippen LogP contribution >= 0.6 is 0 Å². The highest BCUT2D eigenvalue weighted by Crippen LogP contribution is 2.15. The molecular weight excluding hydrogens is 252 g/mol. The second-order valence-electron chi connectivity index (χ2n) is 5.25. The van der Waals surface area contributed by atoms with E-state index in [-0.39, 0.29) is 0 Å². The third kappa shape index (κ3) is 3.96. The van der Waals surface area contributed by atoms with Crippen molar-refractivity contribution in [2.45, 2.75) is 32.4 Å². The number of likely N-dealkylation sites (N-methyl/N-ethyl adjacent to an activating group) is 1. The fourth-order valence-electron chi connectivity index (χ4n) is 2.73. The Labute approximate surface area is 121 Å². The Balaban J connectivity index is 1.75. The summed E-state index contributed by atoms with van der Waals surface area (Å²) in [7, 11) is 3.74. The van der Waals surface area contributed by atoms with E-state index in [0.29, 0.717) is 6.04 Å². The zero-order valence-electron chi connectivity index (χ0n) is 12.8. The minimum atomic E-state index is 0.636. The largest absolute Gasteiger partial charge is 0.355 e. The summed E-state index contributed by atoms with van der Waals surface area (Å²) in [6, 6.07) is 0.636. The molecule has 0 spiro atoms. The first-order chi connectivity index (χ1) is 9.72. The monoisotopic (exact) mass is 278 g/mol. The van der Waals surface area contributed by atoms with Crippen molar-refractivity contribution in [3.05, 3.63) is 18.0 Å². The van der Waals surface area contributed by atoms with Crippen LogP contribution in [0.2, 0.25) is 0 Å². The van der Waals surface area contributed by atoms with Gasteiger partial charge in [-0.1, -0.05) is 6.92 Å². The number of nitrogens with zero attached hydrogens (tertiary/aromatic N) is 4. The predicted molar refractivity (Wildman–Crippen MR) is 81.7 cm³/mol. The van der Waals surface area contributed by atoms with Crippen LogP contribution in [0.3, 0.4) is 0 Å². The molecule has 1 saturated heterocycles. The van der Waals surface area contributed by atoms with Gasteiger partial charge in [-0.15, -0.1) is 0 Å². The quantitative estimate of drug-likeness (QED) is 0.611. The van der Waals surface area contributed by atoms with E-state index in [0.717, 1.165) is 31.2 Å². The molecule has 6 nitrogen and oxygen atoms in total. The van der Waals surface area contributed by atoms with E-state index in [9.17, 15) is 0 Å². The summed E-state index contributed by atoms with van der Waals surface area (Å²) in [6.45, 7) is 6.29. The zero-order chi connectivity index (χ0) is 14.4. The van der Waals surface area contributed by atoms with Gasteiger partial charge in [0.1, 0.15) is 0 Å². The Bertz CT molecular complexity index is 439. The second kappa shape index (κ2) is 7.28. The standard InChI is InChI=1S/C14H26N6/c1-4-20-7-5-6-13(20)10-17-14(15-2)16-8-12-9-18-19(3)11-12/h9,11,13H,4-8,10H2,1-3H3,(H2,15,16,17). The topological polar surface area (TPSA) is 57.5 Å². The first kappa shape index (κ1) is 14.8. The number of hydrogen-bond acceptors (Lipinski definition) is 3.